The third-order valence-corrected chi connectivity index (χ3v) is 2.78. The molecule has 0 fully saturated rings. The maximum atomic E-state index is 13.7. The van der Waals surface area contributed by atoms with Gasteiger partial charge in [-0.3, -0.25) is 0 Å². The second kappa shape index (κ2) is 5.71. The van der Waals surface area contributed by atoms with Gasteiger partial charge in [-0.15, -0.1) is 0 Å². The summed E-state index contributed by atoms with van der Waals surface area (Å²) in [5, 5.41) is 9.32. The lowest BCUT2D eigenvalue weighted by Gasteiger charge is -2.10. The van der Waals surface area contributed by atoms with E-state index in [1.165, 1.54) is 6.07 Å². The Morgan fingerprint density at radius 2 is 2.05 bits per heavy atom. The van der Waals surface area contributed by atoms with Crippen LogP contribution in [0.4, 0.5) is 4.39 Å². The molecule has 0 aliphatic carbocycles. The Hall–Kier alpha value is -2.07. The van der Waals surface area contributed by atoms with Crippen LogP contribution >= 0.6 is 0 Å². The molecule has 3 nitrogen and oxygen atoms in total. The number of phenolic OH excluding ortho intramolecular Hbond substituents is 1. The summed E-state index contributed by atoms with van der Waals surface area (Å²) in [6.07, 6.45) is 0. The topological polar surface area (TPSA) is 55.5 Å². The highest BCUT2D eigenvalue weighted by molar-refractivity contribution is 5.31. The summed E-state index contributed by atoms with van der Waals surface area (Å²) in [7, 11) is 0. The number of phenols is 1. The molecule has 19 heavy (non-hydrogen) atoms. The van der Waals surface area contributed by atoms with Gasteiger partial charge in [0.25, 0.3) is 0 Å². The van der Waals surface area contributed by atoms with Crippen molar-refractivity contribution in [2.75, 3.05) is 0 Å². The Kier molecular flexibility index (Phi) is 4.02. The molecule has 0 aliphatic rings. The average molecular weight is 261 g/mol. The van der Waals surface area contributed by atoms with Crippen LogP contribution in [0.3, 0.4) is 0 Å². The van der Waals surface area contributed by atoms with Crippen LogP contribution in [0, 0.1) is 5.82 Å². The molecule has 3 N–H and O–H groups in total. The van der Waals surface area contributed by atoms with E-state index in [9.17, 15) is 9.50 Å². The van der Waals surface area contributed by atoms with Crippen molar-refractivity contribution in [2.24, 2.45) is 5.73 Å². The fourth-order valence-electron chi connectivity index (χ4n) is 1.78. The van der Waals surface area contributed by atoms with Crippen LogP contribution < -0.4 is 10.5 Å². The van der Waals surface area contributed by atoms with Crippen molar-refractivity contribution in [2.45, 2.75) is 19.6 Å². The van der Waals surface area contributed by atoms with Gasteiger partial charge in [-0.2, -0.15) is 0 Å². The fourth-order valence-corrected chi connectivity index (χ4v) is 1.78. The number of aromatic hydroxyl groups is 1. The first-order valence-corrected chi connectivity index (χ1v) is 6.02. The Morgan fingerprint density at radius 3 is 2.68 bits per heavy atom. The van der Waals surface area contributed by atoms with E-state index < -0.39 is 0 Å². The van der Waals surface area contributed by atoms with Crippen LogP contribution in [0.15, 0.2) is 42.5 Å². The molecule has 4 heteroatoms. The minimum atomic E-state index is -0.372. The van der Waals surface area contributed by atoms with Crippen LogP contribution in [0.1, 0.15) is 24.1 Å². The molecule has 0 aliphatic heterocycles. The summed E-state index contributed by atoms with van der Waals surface area (Å²) in [5.41, 5.74) is 6.92. The normalized spacial score (nSPS) is 12.2. The minimum absolute atomic E-state index is 0.180. The molecule has 0 bridgehead atoms. The highest BCUT2D eigenvalue weighted by atomic mass is 19.1. The molecule has 0 heterocycles. The monoisotopic (exact) mass is 261 g/mol. The Labute approximate surface area is 111 Å². The lowest BCUT2D eigenvalue weighted by atomic mass is 10.1. The number of nitrogens with two attached hydrogens (primary N) is 1. The second-order valence-electron chi connectivity index (χ2n) is 4.43. The van der Waals surface area contributed by atoms with Crippen molar-refractivity contribution in [3.63, 3.8) is 0 Å². The smallest absolute Gasteiger partial charge is 0.131 e. The van der Waals surface area contributed by atoms with E-state index in [0.29, 0.717) is 11.3 Å². The van der Waals surface area contributed by atoms with Crippen LogP contribution in [0.5, 0.6) is 11.5 Å². The van der Waals surface area contributed by atoms with E-state index in [0.717, 1.165) is 5.56 Å². The predicted octanol–water partition coefficient (Wildman–Crippen LogP) is 3.13. The standard InChI is InChI=1S/C15H16FNO2/c1-10(17)14-6-5-13(8-15(14)16)19-9-11-3-2-4-12(18)7-11/h2-8,10,18H,9,17H2,1H3/t10-/m1/s1. The van der Waals surface area contributed by atoms with Crippen molar-refractivity contribution in [1.82, 2.24) is 0 Å². The zero-order valence-corrected chi connectivity index (χ0v) is 10.6. The molecule has 0 aromatic heterocycles. The van der Waals surface area contributed by atoms with Crippen LogP contribution in [-0.2, 0) is 6.61 Å². The Bertz CT molecular complexity index is 570. The molecule has 2 aromatic rings. The first-order valence-electron chi connectivity index (χ1n) is 6.02. The van der Waals surface area contributed by atoms with Crippen molar-refractivity contribution >= 4 is 0 Å². The summed E-state index contributed by atoms with van der Waals surface area (Å²) in [5.74, 6) is 0.244. The van der Waals surface area contributed by atoms with Gasteiger partial charge in [0.05, 0.1) is 0 Å². The van der Waals surface area contributed by atoms with Gasteiger partial charge in [0.1, 0.15) is 23.9 Å². The molecule has 0 saturated heterocycles. The Balaban J connectivity index is 2.06. The fraction of sp³-hybridized carbons (Fsp3) is 0.200. The maximum absolute atomic E-state index is 13.7. The third-order valence-electron chi connectivity index (χ3n) is 2.78. The van der Waals surface area contributed by atoms with Crippen LogP contribution in [0.2, 0.25) is 0 Å². The minimum Gasteiger partial charge on any atom is -0.508 e. The van der Waals surface area contributed by atoms with Gasteiger partial charge < -0.3 is 15.6 Å². The molecule has 1 atom stereocenters. The number of ether oxygens (including phenoxy) is 1. The third kappa shape index (κ3) is 3.45. The summed E-state index contributed by atoms with van der Waals surface area (Å²) in [4.78, 5) is 0. The molecular weight excluding hydrogens is 245 g/mol. The zero-order chi connectivity index (χ0) is 13.8. The van der Waals surface area contributed by atoms with Gasteiger partial charge in [0.15, 0.2) is 0 Å². The molecule has 0 radical (unpaired) electrons. The number of benzene rings is 2. The van der Waals surface area contributed by atoms with Crippen molar-refractivity contribution in [3.05, 3.63) is 59.4 Å². The SMILES string of the molecule is C[C@@H](N)c1ccc(OCc2cccc(O)c2)cc1F. The average Bonchev–Trinajstić information content (AvgIpc) is 2.36. The quantitative estimate of drug-likeness (QED) is 0.889. The number of hydrogen-bond donors (Lipinski definition) is 2. The lowest BCUT2D eigenvalue weighted by Crippen LogP contribution is -2.07. The Morgan fingerprint density at radius 1 is 1.26 bits per heavy atom. The molecule has 0 amide bonds. The molecule has 0 spiro atoms. The molecule has 100 valence electrons. The molecule has 2 rings (SSSR count). The largest absolute Gasteiger partial charge is 0.508 e. The highest BCUT2D eigenvalue weighted by Crippen LogP contribution is 2.21. The number of hydrogen-bond acceptors (Lipinski definition) is 3. The first kappa shape index (κ1) is 13.4. The predicted molar refractivity (Wildman–Crippen MR) is 71.4 cm³/mol. The second-order valence-corrected chi connectivity index (χ2v) is 4.43. The van der Waals surface area contributed by atoms with Gasteiger partial charge in [-0.25, -0.2) is 4.39 Å². The van der Waals surface area contributed by atoms with Gasteiger partial charge in [-0.05, 0) is 30.7 Å². The highest BCUT2D eigenvalue weighted by Gasteiger charge is 2.08. The van der Waals surface area contributed by atoms with Crippen molar-refractivity contribution in [1.29, 1.82) is 0 Å². The van der Waals surface area contributed by atoms with Crippen molar-refractivity contribution < 1.29 is 14.2 Å². The van der Waals surface area contributed by atoms with E-state index in [2.05, 4.69) is 0 Å². The van der Waals surface area contributed by atoms with Gasteiger partial charge >= 0.3 is 0 Å². The van der Waals surface area contributed by atoms with Gasteiger partial charge in [0.2, 0.25) is 0 Å². The van der Waals surface area contributed by atoms with E-state index in [1.807, 2.05) is 6.07 Å². The van der Waals surface area contributed by atoms with E-state index >= 15 is 0 Å². The van der Waals surface area contributed by atoms with E-state index in [4.69, 9.17) is 10.5 Å². The molecule has 0 saturated carbocycles. The van der Waals surface area contributed by atoms with Crippen molar-refractivity contribution in [3.8, 4) is 11.5 Å². The maximum Gasteiger partial charge on any atom is 0.131 e. The molecule has 2 aromatic carbocycles. The van der Waals surface area contributed by atoms with Crippen LogP contribution in [-0.4, -0.2) is 5.11 Å². The zero-order valence-electron chi connectivity index (χ0n) is 10.6. The summed E-state index contributed by atoms with van der Waals surface area (Å²) in [6.45, 7) is 2.00. The van der Waals surface area contributed by atoms with Gasteiger partial charge in [0, 0.05) is 17.7 Å². The number of rotatable bonds is 4. The summed E-state index contributed by atoms with van der Waals surface area (Å²) in [6, 6.07) is 11.0. The van der Waals surface area contributed by atoms with Crippen LogP contribution in [0.25, 0.3) is 0 Å². The molecule has 0 unspecified atom stereocenters. The summed E-state index contributed by atoms with van der Waals surface area (Å²) < 4.78 is 19.2. The summed E-state index contributed by atoms with van der Waals surface area (Å²) >= 11 is 0. The number of halogens is 1. The first-order chi connectivity index (χ1) is 9.06. The lowest BCUT2D eigenvalue weighted by molar-refractivity contribution is 0.303. The molecular formula is C15H16FNO2. The van der Waals surface area contributed by atoms with Gasteiger partial charge in [-0.1, -0.05) is 18.2 Å². The van der Waals surface area contributed by atoms with E-state index in [-0.39, 0.29) is 24.2 Å². The van der Waals surface area contributed by atoms with E-state index in [1.54, 1.807) is 37.3 Å².